The molecule has 0 saturated carbocycles. The van der Waals surface area contributed by atoms with Crippen molar-refractivity contribution in [3.05, 3.63) is 28.5 Å². The van der Waals surface area contributed by atoms with Gasteiger partial charge in [-0.3, -0.25) is 9.69 Å². The van der Waals surface area contributed by atoms with Gasteiger partial charge in [0, 0.05) is 25.3 Å². The monoisotopic (exact) mass is 337 g/mol. The van der Waals surface area contributed by atoms with Crippen molar-refractivity contribution in [1.29, 1.82) is 0 Å². The van der Waals surface area contributed by atoms with Crippen LogP contribution in [0.25, 0.3) is 0 Å². The molecule has 108 valence electrons. The van der Waals surface area contributed by atoms with Gasteiger partial charge in [0.25, 0.3) is 5.91 Å². The molecule has 1 aromatic rings. The Balaban J connectivity index is 1.65. The maximum absolute atomic E-state index is 12.5. The Morgan fingerprint density at radius 1 is 1.25 bits per heavy atom. The lowest BCUT2D eigenvalue weighted by Gasteiger charge is -2.32. The first-order valence-corrected chi connectivity index (χ1v) is 8.19. The SMILES string of the molecule is O=C(c1cccnc1Br)N1CCC(N2CCCCC2)C1. The number of halogens is 1. The summed E-state index contributed by atoms with van der Waals surface area (Å²) in [7, 11) is 0. The molecule has 20 heavy (non-hydrogen) atoms. The topological polar surface area (TPSA) is 36.4 Å². The third kappa shape index (κ3) is 2.88. The molecule has 1 aromatic heterocycles. The van der Waals surface area contributed by atoms with E-state index in [1.165, 1.54) is 32.4 Å². The Labute approximate surface area is 128 Å². The molecule has 4 nitrogen and oxygen atoms in total. The fourth-order valence-corrected chi connectivity index (χ4v) is 3.64. The molecular weight excluding hydrogens is 318 g/mol. The molecule has 0 spiro atoms. The van der Waals surface area contributed by atoms with Crippen LogP contribution in [0.2, 0.25) is 0 Å². The zero-order chi connectivity index (χ0) is 13.9. The van der Waals surface area contributed by atoms with Crippen molar-refractivity contribution in [3.63, 3.8) is 0 Å². The maximum Gasteiger partial charge on any atom is 0.256 e. The van der Waals surface area contributed by atoms with Crippen molar-refractivity contribution in [3.8, 4) is 0 Å². The summed E-state index contributed by atoms with van der Waals surface area (Å²) in [6.45, 7) is 4.12. The molecule has 0 bridgehead atoms. The Morgan fingerprint density at radius 3 is 2.80 bits per heavy atom. The molecule has 2 aliphatic heterocycles. The molecule has 2 saturated heterocycles. The largest absolute Gasteiger partial charge is 0.337 e. The van der Waals surface area contributed by atoms with E-state index in [0.29, 0.717) is 16.2 Å². The predicted octanol–water partition coefficient (Wildman–Crippen LogP) is 2.54. The third-order valence-electron chi connectivity index (χ3n) is 4.35. The van der Waals surface area contributed by atoms with Crippen LogP contribution >= 0.6 is 15.9 Å². The van der Waals surface area contributed by atoms with Gasteiger partial charge in [-0.1, -0.05) is 6.42 Å². The average molecular weight is 338 g/mol. The molecule has 1 amide bonds. The molecule has 0 N–H and O–H groups in total. The van der Waals surface area contributed by atoms with Crippen LogP contribution in [0.3, 0.4) is 0 Å². The number of nitrogens with zero attached hydrogens (tertiary/aromatic N) is 3. The van der Waals surface area contributed by atoms with Gasteiger partial charge in [-0.15, -0.1) is 0 Å². The van der Waals surface area contributed by atoms with E-state index in [4.69, 9.17) is 0 Å². The highest BCUT2D eigenvalue weighted by Gasteiger charge is 2.31. The standard InChI is InChI=1S/C15H20BrN3O/c16-14-13(5-4-7-17-14)15(20)19-10-6-12(11-19)18-8-2-1-3-9-18/h4-5,7,12H,1-3,6,8-11H2. The molecule has 2 aliphatic rings. The lowest BCUT2D eigenvalue weighted by molar-refractivity contribution is 0.0770. The van der Waals surface area contributed by atoms with Gasteiger partial charge >= 0.3 is 0 Å². The number of rotatable bonds is 2. The first kappa shape index (κ1) is 14.0. The number of aromatic nitrogens is 1. The second-order valence-corrected chi connectivity index (χ2v) is 6.38. The smallest absolute Gasteiger partial charge is 0.256 e. The van der Waals surface area contributed by atoms with E-state index in [9.17, 15) is 4.79 Å². The van der Waals surface area contributed by atoms with Crippen LogP contribution in [0.1, 0.15) is 36.0 Å². The predicted molar refractivity (Wildman–Crippen MR) is 81.7 cm³/mol. The van der Waals surface area contributed by atoms with Crippen LogP contribution in [0.15, 0.2) is 22.9 Å². The molecule has 1 unspecified atom stereocenters. The number of likely N-dealkylation sites (tertiary alicyclic amines) is 2. The number of carbonyl (C=O) groups is 1. The summed E-state index contributed by atoms with van der Waals surface area (Å²) in [4.78, 5) is 21.2. The molecule has 2 fully saturated rings. The highest BCUT2D eigenvalue weighted by molar-refractivity contribution is 9.10. The molecule has 1 atom stereocenters. The Kier molecular flexibility index (Phi) is 4.36. The number of carbonyl (C=O) groups excluding carboxylic acids is 1. The van der Waals surface area contributed by atoms with E-state index in [2.05, 4.69) is 25.8 Å². The van der Waals surface area contributed by atoms with Gasteiger partial charge in [0.1, 0.15) is 4.60 Å². The second kappa shape index (κ2) is 6.22. The van der Waals surface area contributed by atoms with E-state index in [1.54, 1.807) is 6.20 Å². The van der Waals surface area contributed by atoms with Gasteiger partial charge in [0.15, 0.2) is 0 Å². The molecule has 0 aromatic carbocycles. The lowest BCUT2D eigenvalue weighted by Crippen LogP contribution is -2.41. The van der Waals surface area contributed by atoms with Crippen LogP contribution in [0, 0.1) is 0 Å². The van der Waals surface area contributed by atoms with E-state index in [0.717, 1.165) is 19.5 Å². The minimum absolute atomic E-state index is 0.101. The lowest BCUT2D eigenvalue weighted by atomic mass is 10.1. The van der Waals surface area contributed by atoms with Crippen molar-refractivity contribution in [2.45, 2.75) is 31.7 Å². The summed E-state index contributed by atoms with van der Waals surface area (Å²) < 4.78 is 0.645. The molecule has 5 heteroatoms. The van der Waals surface area contributed by atoms with Crippen LogP contribution < -0.4 is 0 Å². The Bertz CT molecular complexity index is 488. The fraction of sp³-hybridized carbons (Fsp3) is 0.600. The molecule has 3 heterocycles. The molecule has 3 rings (SSSR count). The van der Waals surface area contributed by atoms with Crippen LogP contribution in [-0.4, -0.2) is 52.9 Å². The molecule has 0 radical (unpaired) electrons. The van der Waals surface area contributed by atoms with E-state index < -0.39 is 0 Å². The zero-order valence-corrected chi connectivity index (χ0v) is 13.2. The van der Waals surface area contributed by atoms with E-state index in [-0.39, 0.29) is 5.91 Å². The number of hydrogen-bond acceptors (Lipinski definition) is 3. The first-order valence-electron chi connectivity index (χ1n) is 7.39. The van der Waals surface area contributed by atoms with Gasteiger partial charge in [-0.05, 0) is 60.4 Å². The average Bonchev–Trinajstić information content (AvgIpc) is 2.98. The van der Waals surface area contributed by atoms with Crippen molar-refractivity contribution in [1.82, 2.24) is 14.8 Å². The van der Waals surface area contributed by atoms with E-state index in [1.807, 2.05) is 17.0 Å². The summed E-state index contributed by atoms with van der Waals surface area (Å²) in [5, 5.41) is 0. The highest BCUT2D eigenvalue weighted by atomic mass is 79.9. The molecule has 0 aliphatic carbocycles. The van der Waals surface area contributed by atoms with Crippen LogP contribution in [0.5, 0.6) is 0 Å². The second-order valence-electron chi connectivity index (χ2n) is 5.63. The van der Waals surface area contributed by atoms with E-state index >= 15 is 0 Å². The number of hydrogen-bond donors (Lipinski definition) is 0. The van der Waals surface area contributed by atoms with Crippen LogP contribution in [-0.2, 0) is 0 Å². The summed E-state index contributed by atoms with van der Waals surface area (Å²) in [5.74, 6) is 0.101. The van der Waals surface area contributed by atoms with Gasteiger partial charge in [-0.2, -0.15) is 0 Å². The Morgan fingerprint density at radius 2 is 2.05 bits per heavy atom. The van der Waals surface area contributed by atoms with Crippen LogP contribution in [0.4, 0.5) is 0 Å². The third-order valence-corrected chi connectivity index (χ3v) is 4.98. The van der Waals surface area contributed by atoms with Gasteiger partial charge in [-0.25, -0.2) is 4.98 Å². The fourth-order valence-electron chi connectivity index (χ4n) is 3.22. The number of amides is 1. The number of pyridine rings is 1. The van der Waals surface area contributed by atoms with Gasteiger partial charge in [0.05, 0.1) is 5.56 Å². The zero-order valence-electron chi connectivity index (χ0n) is 11.6. The highest BCUT2D eigenvalue weighted by Crippen LogP contribution is 2.23. The van der Waals surface area contributed by atoms with Crippen molar-refractivity contribution in [2.24, 2.45) is 0 Å². The van der Waals surface area contributed by atoms with Gasteiger partial charge in [0.2, 0.25) is 0 Å². The van der Waals surface area contributed by atoms with Crippen molar-refractivity contribution >= 4 is 21.8 Å². The summed E-state index contributed by atoms with van der Waals surface area (Å²) in [5.41, 5.74) is 0.673. The van der Waals surface area contributed by atoms with Gasteiger partial charge < -0.3 is 4.90 Å². The minimum atomic E-state index is 0.101. The quantitative estimate of drug-likeness (QED) is 0.778. The summed E-state index contributed by atoms with van der Waals surface area (Å²) >= 11 is 3.37. The first-order chi connectivity index (χ1) is 9.75. The maximum atomic E-state index is 12.5. The normalized spacial score (nSPS) is 24.1. The van der Waals surface area contributed by atoms with Crippen molar-refractivity contribution < 1.29 is 4.79 Å². The minimum Gasteiger partial charge on any atom is -0.337 e. The molecular formula is C15H20BrN3O. The summed E-state index contributed by atoms with van der Waals surface area (Å²) in [6.07, 6.45) is 6.76. The Hall–Kier alpha value is -0.940. The summed E-state index contributed by atoms with van der Waals surface area (Å²) in [6, 6.07) is 4.21. The number of piperidine rings is 1. The van der Waals surface area contributed by atoms with Crippen molar-refractivity contribution in [2.75, 3.05) is 26.2 Å².